The molecule has 0 saturated heterocycles. The molecular weight excluding hydrogens is 290 g/mol. The molecule has 1 N–H and O–H groups in total. The van der Waals surface area contributed by atoms with Crippen LogP contribution >= 0.6 is 0 Å². The zero-order valence-electron chi connectivity index (χ0n) is 13.3. The molecule has 0 fully saturated rings. The van der Waals surface area contributed by atoms with Gasteiger partial charge in [-0.25, -0.2) is 0 Å². The van der Waals surface area contributed by atoms with Crippen LogP contribution in [0.3, 0.4) is 0 Å². The van der Waals surface area contributed by atoms with Crippen molar-refractivity contribution < 1.29 is 9.90 Å². The standard InChI is InChI=1S/C18H21N3O2/c1-3-21(4-2)17-11-5-14(6-12-17)13-19-20-16-9-7-15(8-10-16)18(22)23/h5-13,20H,3-4H2,1-2H3,(H,22,23)/p-1/b19-13-. The van der Waals surface area contributed by atoms with Gasteiger partial charge in [0.2, 0.25) is 0 Å². The molecule has 2 rings (SSSR count). The molecule has 0 aliphatic heterocycles. The van der Waals surface area contributed by atoms with Crippen LogP contribution in [-0.4, -0.2) is 25.3 Å². The molecule has 120 valence electrons. The van der Waals surface area contributed by atoms with E-state index in [1.54, 1.807) is 18.3 Å². The predicted molar refractivity (Wildman–Crippen MR) is 92.0 cm³/mol. The van der Waals surface area contributed by atoms with Gasteiger partial charge in [-0.3, -0.25) is 5.43 Å². The number of nitrogens with one attached hydrogen (secondary N) is 1. The van der Waals surface area contributed by atoms with Crippen LogP contribution in [0.25, 0.3) is 0 Å². The number of benzene rings is 2. The Labute approximate surface area is 136 Å². The maximum atomic E-state index is 10.7. The first-order valence-corrected chi connectivity index (χ1v) is 7.59. The van der Waals surface area contributed by atoms with Gasteiger partial charge in [0.1, 0.15) is 0 Å². The van der Waals surface area contributed by atoms with Gasteiger partial charge in [0.05, 0.1) is 17.9 Å². The smallest absolute Gasteiger partial charge is 0.0715 e. The van der Waals surface area contributed by atoms with Crippen LogP contribution in [0.2, 0.25) is 0 Å². The molecule has 5 heteroatoms. The average Bonchev–Trinajstić information content (AvgIpc) is 2.58. The summed E-state index contributed by atoms with van der Waals surface area (Å²) in [5.41, 5.74) is 5.90. The molecule has 0 atom stereocenters. The maximum Gasteiger partial charge on any atom is 0.0715 e. The number of hydrogen-bond acceptors (Lipinski definition) is 5. The van der Waals surface area contributed by atoms with Crippen LogP contribution in [0.1, 0.15) is 29.8 Å². The molecule has 0 saturated carbocycles. The Morgan fingerprint density at radius 2 is 1.70 bits per heavy atom. The van der Waals surface area contributed by atoms with E-state index in [2.05, 4.69) is 41.4 Å². The Morgan fingerprint density at radius 3 is 2.22 bits per heavy atom. The minimum atomic E-state index is -1.19. The van der Waals surface area contributed by atoms with Crippen molar-refractivity contribution in [1.82, 2.24) is 0 Å². The summed E-state index contributed by atoms with van der Waals surface area (Å²) in [6.07, 6.45) is 1.72. The first-order valence-electron chi connectivity index (χ1n) is 7.59. The summed E-state index contributed by atoms with van der Waals surface area (Å²) in [5.74, 6) is -1.19. The van der Waals surface area contributed by atoms with E-state index in [1.807, 2.05) is 12.1 Å². The summed E-state index contributed by atoms with van der Waals surface area (Å²) >= 11 is 0. The van der Waals surface area contributed by atoms with E-state index >= 15 is 0 Å². The number of carbonyl (C=O) groups excluding carboxylic acids is 1. The lowest BCUT2D eigenvalue weighted by Crippen LogP contribution is -2.21. The Hall–Kier alpha value is -2.82. The van der Waals surface area contributed by atoms with Crippen LogP contribution in [0.5, 0.6) is 0 Å². The van der Waals surface area contributed by atoms with Gasteiger partial charge in [0.15, 0.2) is 0 Å². The largest absolute Gasteiger partial charge is 0.545 e. The summed E-state index contributed by atoms with van der Waals surface area (Å²) in [6, 6.07) is 14.4. The molecule has 0 bridgehead atoms. The quantitative estimate of drug-likeness (QED) is 0.629. The third kappa shape index (κ3) is 4.57. The number of anilines is 2. The normalized spacial score (nSPS) is 10.7. The van der Waals surface area contributed by atoms with Gasteiger partial charge < -0.3 is 14.8 Å². The molecule has 2 aromatic rings. The van der Waals surface area contributed by atoms with Crippen LogP contribution in [0.4, 0.5) is 11.4 Å². The fourth-order valence-electron chi connectivity index (χ4n) is 2.22. The van der Waals surface area contributed by atoms with Gasteiger partial charge in [-0.2, -0.15) is 5.10 Å². The third-order valence-electron chi connectivity index (χ3n) is 3.55. The summed E-state index contributed by atoms with van der Waals surface area (Å²) in [4.78, 5) is 12.9. The first-order chi connectivity index (χ1) is 11.1. The third-order valence-corrected chi connectivity index (χ3v) is 3.55. The van der Waals surface area contributed by atoms with E-state index in [0.717, 1.165) is 18.7 Å². The topological polar surface area (TPSA) is 67.8 Å². The number of hydrazone groups is 1. The van der Waals surface area contributed by atoms with Gasteiger partial charge in [-0.1, -0.05) is 24.3 Å². The summed E-state index contributed by atoms with van der Waals surface area (Å²) < 4.78 is 0. The Balaban J connectivity index is 1.96. The summed E-state index contributed by atoms with van der Waals surface area (Å²) in [5, 5.41) is 14.8. The molecule has 0 aliphatic carbocycles. The molecule has 2 aromatic carbocycles. The lowest BCUT2D eigenvalue weighted by Gasteiger charge is -2.20. The lowest BCUT2D eigenvalue weighted by atomic mass is 10.2. The first kappa shape index (κ1) is 16.5. The Morgan fingerprint density at radius 1 is 1.09 bits per heavy atom. The number of nitrogens with zero attached hydrogens (tertiary/aromatic N) is 2. The molecule has 23 heavy (non-hydrogen) atoms. The van der Waals surface area contributed by atoms with Crippen LogP contribution < -0.4 is 15.4 Å². The number of rotatable bonds is 7. The van der Waals surface area contributed by atoms with Crippen molar-refractivity contribution in [3.63, 3.8) is 0 Å². The number of hydrogen-bond donors (Lipinski definition) is 1. The zero-order chi connectivity index (χ0) is 16.7. The molecule has 0 heterocycles. The second-order valence-electron chi connectivity index (χ2n) is 5.00. The maximum absolute atomic E-state index is 10.7. The van der Waals surface area contributed by atoms with Gasteiger partial charge >= 0.3 is 0 Å². The second-order valence-corrected chi connectivity index (χ2v) is 5.00. The van der Waals surface area contributed by atoms with E-state index in [1.165, 1.54) is 17.8 Å². The predicted octanol–water partition coefficient (Wildman–Crippen LogP) is 2.34. The van der Waals surface area contributed by atoms with Gasteiger partial charge in [-0.05, 0) is 49.2 Å². The molecule has 5 nitrogen and oxygen atoms in total. The highest BCUT2D eigenvalue weighted by Crippen LogP contribution is 2.14. The van der Waals surface area contributed by atoms with Crippen molar-refractivity contribution >= 4 is 23.6 Å². The molecule has 0 aliphatic rings. The Bertz CT molecular complexity index is 660. The highest BCUT2D eigenvalue weighted by molar-refractivity contribution is 5.86. The molecule has 0 spiro atoms. The minimum absolute atomic E-state index is 0.145. The summed E-state index contributed by atoms with van der Waals surface area (Å²) in [6.45, 7) is 6.23. The van der Waals surface area contributed by atoms with E-state index in [-0.39, 0.29) is 5.56 Å². The van der Waals surface area contributed by atoms with E-state index in [9.17, 15) is 9.90 Å². The molecule has 0 aromatic heterocycles. The Kier molecular flexibility index (Phi) is 5.74. The van der Waals surface area contributed by atoms with Crippen molar-refractivity contribution in [2.24, 2.45) is 5.10 Å². The number of carboxylic acids is 1. The fraction of sp³-hybridized carbons (Fsp3) is 0.222. The van der Waals surface area contributed by atoms with Crippen molar-refractivity contribution in [2.45, 2.75) is 13.8 Å². The zero-order valence-corrected chi connectivity index (χ0v) is 13.3. The van der Waals surface area contributed by atoms with Crippen molar-refractivity contribution in [3.8, 4) is 0 Å². The van der Waals surface area contributed by atoms with Crippen molar-refractivity contribution in [1.29, 1.82) is 0 Å². The monoisotopic (exact) mass is 310 g/mol. The van der Waals surface area contributed by atoms with Crippen LogP contribution in [0.15, 0.2) is 53.6 Å². The molecule has 0 unspecified atom stereocenters. The van der Waals surface area contributed by atoms with Gasteiger partial charge in [0, 0.05) is 18.8 Å². The van der Waals surface area contributed by atoms with E-state index < -0.39 is 5.97 Å². The van der Waals surface area contributed by atoms with Crippen molar-refractivity contribution in [2.75, 3.05) is 23.4 Å². The highest BCUT2D eigenvalue weighted by Gasteiger charge is 2.00. The number of aromatic carboxylic acids is 1. The van der Waals surface area contributed by atoms with E-state index in [0.29, 0.717) is 5.69 Å². The van der Waals surface area contributed by atoms with Crippen LogP contribution in [0, 0.1) is 0 Å². The highest BCUT2D eigenvalue weighted by atomic mass is 16.4. The van der Waals surface area contributed by atoms with E-state index in [4.69, 9.17) is 0 Å². The lowest BCUT2D eigenvalue weighted by molar-refractivity contribution is -0.255. The number of carboxylic acid groups (broad SMARTS) is 1. The molecular formula is C18H20N3O2-. The summed E-state index contributed by atoms with van der Waals surface area (Å²) in [7, 11) is 0. The van der Waals surface area contributed by atoms with Gasteiger partial charge in [-0.15, -0.1) is 0 Å². The SMILES string of the molecule is CCN(CC)c1ccc(/C=N\Nc2ccc(C(=O)[O-])cc2)cc1. The number of carbonyl (C=O) groups is 1. The fourth-order valence-corrected chi connectivity index (χ4v) is 2.22. The molecule has 0 radical (unpaired) electrons. The van der Waals surface area contributed by atoms with Gasteiger partial charge in [0.25, 0.3) is 0 Å². The van der Waals surface area contributed by atoms with Crippen molar-refractivity contribution in [3.05, 3.63) is 59.7 Å². The molecule has 0 amide bonds. The second kappa shape index (κ2) is 7.98. The minimum Gasteiger partial charge on any atom is -0.545 e. The van der Waals surface area contributed by atoms with Crippen LogP contribution in [-0.2, 0) is 0 Å². The average molecular weight is 310 g/mol.